The predicted octanol–water partition coefficient (Wildman–Crippen LogP) is 3.56. The quantitative estimate of drug-likeness (QED) is 0.669. The van der Waals surface area contributed by atoms with Crippen LogP contribution in [0.15, 0.2) is 60.8 Å². The summed E-state index contributed by atoms with van der Waals surface area (Å²) in [7, 11) is 0. The number of hydrogen-bond acceptors (Lipinski definition) is 3. The van der Waals surface area contributed by atoms with Crippen LogP contribution in [0.1, 0.15) is 11.1 Å². The lowest BCUT2D eigenvalue weighted by atomic mass is 10.1. The normalized spacial score (nSPS) is 10.5. The summed E-state index contributed by atoms with van der Waals surface area (Å²) < 4.78 is 5.82. The third-order valence-electron chi connectivity index (χ3n) is 3.35. The number of benzene rings is 2. The van der Waals surface area contributed by atoms with Crippen LogP contribution in [0.25, 0.3) is 10.9 Å². The first-order valence-electron chi connectivity index (χ1n) is 6.85. The van der Waals surface area contributed by atoms with Crippen LogP contribution in [0.5, 0.6) is 5.75 Å². The van der Waals surface area contributed by atoms with Crippen molar-refractivity contribution in [1.29, 1.82) is 0 Å². The molecule has 0 saturated heterocycles. The van der Waals surface area contributed by atoms with Gasteiger partial charge in [0.15, 0.2) is 0 Å². The summed E-state index contributed by atoms with van der Waals surface area (Å²) in [5, 5.41) is 0.968. The molecule has 0 aliphatic carbocycles. The van der Waals surface area contributed by atoms with E-state index in [1.807, 2.05) is 54.6 Å². The van der Waals surface area contributed by atoms with E-state index in [0.717, 1.165) is 34.1 Å². The van der Waals surface area contributed by atoms with Crippen molar-refractivity contribution in [3.8, 4) is 5.75 Å². The third kappa shape index (κ3) is 3.08. The molecule has 0 spiro atoms. The molecule has 0 unspecified atom stereocenters. The van der Waals surface area contributed by atoms with Gasteiger partial charge in [-0.2, -0.15) is 0 Å². The topological polar surface area (TPSA) is 39.2 Å². The average molecular weight is 277 g/mol. The van der Waals surface area contributed by atoms with Gasteiger partial charge in [0.25, 0.3) is 0 Å². The van der Waals surface area contributed by atoms with Gasteiger partial charge in [0.1, 0.15) is 18.6 Å². The van der Waals surface area contributed by atoms with Gasteiger partial charge in [0.05, 0.1) is 5.52 Å². The second kappa shape index (κ2) is 6.18. The molecule has 3 nitrogen and oxygen atoms in total. The minimum Gasteiger partial charge on any atom is -0.489 e. The Bertz CT molecular complexity index is 754. The number of rotatable bonds is 5. The maximum absolute atomic E-state index is 10.8. The Hall–Kier alpha value is -2.68. The summed E-state index contributed by atoms with van der Waals surface area (Å²) in [6, 6.07) is 17.7. The Morgan fingerprint density at radius 1 is 1.05 bits per heavy atom. The van der Waals surface area contributed by atoms with E-state index < -0.39 is 0 Å². The monoisotopic (exact) mass is 277 g/mol. The van der Waals surface area contributed by atoms with Crippen molar-refractivity contribution in [3.05, 3.63) is 71.9 Å². The van der Waals surface area contributed by atoms with E-state index in [0.29, 0.717) is 13.0 Å². The minimum atomic E-state index is 0.390. The molecule has 3 rings (SSSR count). The number of aldehydes is 1. The fraction of sp³-hybridized carbons (Fsp3) is 0.111. The van der Waals surface area contributed by atoms with Crippen LogP contribution in [0.2, 0.25) is 0 Å². The Morgan fingerprint density at radius 3 is 2.71 bits per heavy atom. The number of fused-ring (bicyclic) bond motifs is 1. The largest absolute Gasteiger partial charge is 0.489 e. The number of ether oxygens (including phenoxy) is 1. The van der Waals surface area contributed by atoms with Crippen molar-refractivity contribution in [2.75, 3.05) is 0 Å². The lowest BCUT2D eigenvalue weighted by molar-refractivity contribution is -0.107. The van der Waals surface area contributed by atoms with Crippen LogP contribution in [0.3, 0.4) is 0 Å². The molecular weight excluding hydrogens is 262 g/mol. The van der Waals surface area contributed by atoms with Crippen molar-refractivity contribution in [2.24, 2.45) is 0 Å². The summed E-state index contributed by atoms with van der Waals surface area (Å²) in [4.78, 5) is 15.1. The van der Waals surface area contributed by atoms with Crippen molar-refractivity contribution < 1.29 is 9.53 Å². The molecule has 0 bridgehead atoms. The zero-order chi connectivity index (χ0) is 14.5. The SMILES string of the molecule is O=CCc1ccnc2ccc(OCc3ccccc3)cc12. The number of aromatic nitrogens is 1. The first-order chi connectivity index (χ1) is 10.4. The molecule has 3 heteroatoms. The predicted molar refractivity (Wildman–Crippen MR) is 82.3 cm³/mol. The highest BCUT2D eigenvalue weighted by molar-refractivity contribution is 5.85. The summed E-state index contributed by atoms with van der Waals surface area (Å²) in [5.41, 5.74) is 2.97. The molecule has 0 atom stereocenters. The van der Waals surface area contributed by atoms with E-state index in [1.54, 1.807) is 6.20 Å². The average Bonchev–Trinajstić information content (AvgIpc) is 2.54. The Balaban J connectivity index is 1.86. The van der Waals surface area contributed by atoms with Gasteiger partial charge >= 0.3 is 0 Å². The number of pyridine rings is 1. The van der Waals surface area contributed by atoms with Crippen LogP contribution >= 0.6 is 0 Å². The van der Waals surface area contributed by atoms with Crippen LogP contribution in [0, 0.1) is 0 Å². The lowest BCUT2D eigenvalue weighted by Crippen LogP contribution is -1.96. The van der Waals surface area contributed by atoms with Crippen LogP contribution < -0.4 is 4.74 Å². The van der Waals surface area contributed by atoms with E-state index in [2.05, 4.69) is 4.98 Å². The molecule has 1 heterocycles. The second-order valence-electron chi connectivity index (χ2n) is 4.79. The highest BCUT2D eigenvalue weighted by atomic mass is 16.5. The van der Waals surface area contributed by atoms with Crippen LogP contribution in [-0.2, 0) is 17.8 Å². The van der Waals surface area contributed by atoms with E-state index >= 15 is 0 Å². The Labute approximate surface area is 123 Å². The number of nitrogens with zero attached hydrogens (tertiary/aromatic N) is 1. The van der Waals surface area contributed by atoms with E-state index in [4.69, 9.17) is 4.74 Å². The molecule has 0 fully saturated rings. The molecule has 0 saturated carbocycles. The molecule has 3 aromatic rings. The van der Waals surface area contributed by atoms with Crippen molar-refractivity contribution >= 4 is 17.2 Å². The van der Waals surface area contributed by atoms with Gasteiger partial charge in [0.2, 0.25) is 0 Å². The molecule has 0 aliphatic rings. The molecule has 21 heavy (non-hydrogen) atoms. The van der Waals surface area contributed by atoms with E-state index in [-0.39, 0.29) is 0 Å². The molecular formula is C18H15NO2. The molecule has 0 aliphatic heterocycles. The smallest absolute Gasteiger partial charge is 0.124 e. The van der Waals surface area contributed by atoms with Gasteiger partial charge in [-0.3, -0.25) is 4.98 Å². The first-order valence-corrected chi connectivity index (χ1v) is 6.85. The van der Waals surface area contributed by atoms with E-state index in [9.17, 15) is 4.79 Å². The summed E-state index contributed by atoms with van der Waals surface area (Å²) in [6.07, 6.45) is 3.03. The fourth-order valence-electron chi connectivity index (χ4n) is 2.28. The Morgan fingerprint density at radius 2 is 1.90 bits per heavy atom. The molecule has 0 amide bonds. The van der Waals surface area contributed by atoms with Gasteiger partial charge in [0, 0.05) is 18.0 Å². The van der Waals surface area contributed by atoms with Crippen molar-refractivity contribution in [1.82, 2.24) is 4.98 Å². The first kappa shape index (κ1) is 13.3. The van der Waals surface area contributed by atoms with Crippen molar-refractivity contribution in [3.63, 3.8) is 0 Å². The van der Waals surface area contributed by atoms with Crippen LogP contribution in [0.4, 0.5) is 0 Å². The van der Waals surface area contributed by atoms with Gasteiger partial charge in [-0.25, -0.2) is 0 Å². The maximum Gasteiger partial charge on any atom is 0.124 e. The fourth-order valence-corrected chi connectivity index (χ4v) is 2.28. The minimum absolute atomic E-state index is 0.390. The van der Waals surface area contributed by atoms with Gasteiger partial charge < -0.3 is 9.53 Å². The highest BCUT2D eigenvalue weighted by Gasteiger charge is 2.04. The highest BCUT2D eigenvalue weighted by Crippen LogP contribution is 2.23. The van der Waals surface area contributed by atoms with Crippen molar-refractivity contribution in [2.45, 2.75) is 13.0 Å². The maximum atomic E-state index is 10.8. The van der Waals surface area contributed by atoms with Crippen LogP contribution in [-0.4, -0.2) is 11.3 Å². The zero-order valence-electron chi connectivity index (χ0n) is 11.5. The van der Waals surface area contributed by atoms with Gasteiger partial charge in [-0.05, 0) is 35.4 Å². The Kier molecular flexibility index (Phi) is 3.92. The number of carbonyl (C=O) groups is 1. The number of carbonyl (C=O) groups excluding carboxylic acids is 1. The summed E-state index contributed by atoms with van der Waals surface area (Å²) >= 11 is 0. The zero-order valence-corrected chi connectivity index (χ0v) is 11.5. The lowest BCUT2D eigenvalue weighted by Gasteiger charge is -2.09. The summed E-state index contributed by atoms with van der Waals surface area (Å²) in [6.45, 7) is 0.523. The van der Waals surface area contributed by atoms with Gasteiger partial charge in [-0.15, -0.1) is 0 Å². The van der Waals surface area contributed by atoms with Gasteiger partial charge in [-0.1, -0.05) is 30.3 Å². The van der Waals surface area contributed by atoms with E-state index in [1.165, 1.54) is 0 Å². The molecule has 104 valence electrons. The summed E-state index contributed by atoms with van der Waals surface area (Å²) in [5.74, 6) is 0.784. The molecule has 0 radical (unpaired) electrons. The molecule has 1 aromatic heterocycles. The standard InChI is InChI=1S/C18H15NO2/c20-11-9-15-8-10-19-18-7-6-16(12-17(15)18)21-13-14-4-2-1-3-5-14/h1-8,10-12H,9,13H2. The molecule has 0 N–H and O–H groups in total. The third-order valence-corrected chi connectivity index (χ3v) is 3.35. The number of hydrogen-bond donors (Lipinski definition) is 0. The second-order valence-corrected chi connectivity index (χ2v) is 4.79. The molecule has 2 aromatic carbocycles.